The highest BCUT2D eigenvalue weighted by Crippen LogP contribution is 2.24. The number of anilines is 1. The monoisotopic (exact) mass is 428 g/mol. The molecule has 0 bridgehead atoms. The van der Waals surface area contributed by atoms with Crippen molar-refractivity contribution in [3.05, 3.63) is 64.7 Å². The van der Waals surface area contributed by atoms with Crippen molar-refractivity contribution in [2.24, 2.45) is 0 Å². The summed E-state index contributed by atoms with van der Waals surface area (Å²) in [6, 6.07) is 13.9. The van der Waals surface area contributed by atoms with E-state index in [4.69, 9.17) is 28.6 Å². The Morgan fingerprint density at radius 2 is 1.76 bits per heavy atom. The molecule has 0 saturated carbocycles. The van der Waals surface area contributed by atoms with Gasteiger partial charge in [0.2, 0.25) is 0 Å². The van der Waals surface area contributed by atoms with Crippen molar-refractivity contribution in [2.45, 2.75) is 26.2 Å². The number of hydrogen-bond donors (Lipinski definition) is 1. The lowest BCUT2D eigenvalue weighted by atomic mass is 10.1. The van der Waals surface area contributed by atoms with Gasteiger partial charge in [0.05, 0.1) is 12.3 Å². The van der Waals surface area contributed by atoms with Crippen LogP contribution in [0.1, 0.15) is 31.7 Å². The maximum Gasteiger partial charge on any atom is 0.270 e. The maximum absolute atomic E-state index is 13.0. The van der Waals surface area contributed by atoms with Gasteiger partial charge in [-0.15, -0.1) is 0 Å². The van der Waals surface area contributed by atoms with Crippen LogP contribution in [0.3, 0.4) is 0 Å². The first kappa shape index (κ1) is 21.0. The fourth-order valence-electron chi connectivity index (χ4n) is 2.85. The molecule has 2 aromatic carbocycles. The lowest BCUT2D eigenvalue weighted by Crippen LogP contribution is -2.54. The van der Waals surface area contributed by atoms with Crippen LogP contribution in [-0.2, 0) is 9.59 Å². The van der Waals surface area contributed by atoms with Crippen LogP contribution in [0.5, 0.6) is 5.75 Å². The molecule has 0 radical (unpaired) electrons. The molecule has 7 heteroatoms. The minimum Gasteiger partial charge on any atom is -0.494 e. The SMILES string of the molecule is CCCCCOc1ccc(C=C2C(=O)NC(=S)N(c3ccc(Cl)cc3)C2=O)cc1. The van der Waals surface area contributed by atoms with E-state index in [0.29, 0.717) is 22.9 Å². The zero-order valence-corrected chi connectivity index (χ0v) is 17.6. The number of thiocarbonyl (C=S) groups is 1. The van der Waals surface area contributed by atoms with Crippen molar-refractivity contribution in [1.29, 1.82) is 0 Å². The lowest BCUT2D eigenvalue weighted by molar-refractivity contribution is -0.122. The number of halogens is 1. The van der Waals surface area contributed by atoms with Gasteiger partial charge >= 0.3 is 0 Å². The minimum absolute atomic E-state index is 0.00478. The number of amides is 2. The second-order valence-corrected chi connectivity index (χ2v) is 7.38. The number of hydrogen-bond acceptors (Lipinski definition) is 4. The molecule has 0 unspecified atom stereocenters. The third kappa shape index (κ3) is 5.22. The van der Waals surface area contributed by atoms with E-state index in [2.05, 4.69) is 12.2 Å². The molecule has 1 aliphatic heterocycles. The van der Waals surface area contributed by atoms with E-state index in [1.54, 1.807) is 30.3 Å². The maximum atomic E-state index is 13.0. The van der Waals surface area contributed by atoms with Crippen LogP contribution in [-0.4, -0.2) is 23.5 Å². The summed E-state index contributed by atoms with van der Waals surface area (Å²) in [6.45, 7) is 2.81. The predicted molar refractivity (Wildman–Crippen MR) is 119 cm³/mol. The van der Waals surface area contributed by atoms with Crippen LogP contribution in [0, 0.1) is 0 Å². The van der Waals surface area contributed by atoms with E-state index in [1.807, 2.05) is 24.3 Å². The van der Waals surface area contributed by atoms with Gasteiger partial charge < -0.3 is 4.74 Å². The van der Waals surface area contributed by atoms with Gasteiger partial charge in [0, 0.05) is 5.02 Å². The smallest absolute Gasteiger partial charge is 0.270 e. The first-order valence-corrected chi connectivity index (χ1v) is 10.2. The Morgan fingerprint density at radius 1 is 1.07 bits per heavy atom. The molecule has 1 heterocycles. The Balaban J connectivity index is 1.78. The number of ether oxygens (including phenoxy) is 1. The normalized spacial score (nSPS) is 15.6. The van der Waals surface area contributed by atoms with Gasteiger partial charge in [-0.25, -0.2) is 0 Å². The highest BCUT2D eigenvalue weighted by atomic mass is 35.5. The van der Waals surface area contributed by atoms with Crippen molar-refractivity contribution >= 4 is 52.5 Å². The van der Waals surface area contributed by atoms with Crippen LogP contribution >= 0.6 is 23.8 Å². The Morgan fingerprint density at radius 3 is 2.41 bits per heavy atom. The van der Waals surface area contributed by atoms with Crippen molar-refractivity contribution < 1.29 is 14.3 Å². The first-order valence-electron chi connectivity index (χ1n) is 9.39. The average molecular weight is 429 g/mol. The van der Waals surface area contributed by atoms with Gasteiger partial charge in [-0.2, -0.15) is 0 Å². The van der Waals surface area contributed by atoms with Crippen LogP contribution in [0.2, 0.25) is 5.02 Å². The number of nitrogens with one attached hydrogen (secondary N) is 1. The molecule has 0 aliphatic carbocycles. The third-order valence-corrected chi connectivity index (χ3v) is 4.93. The molecular weight excluding hydrogens is 408 g/mol. The molecule has 5 nitrogen and oxygen atoms in total. The van der Waals surface area contributed by atoms with Crippen LogP contribution in [0.25, 0.3) is 6.08 Å². The molecule has 3 rings (SSSR count). The molecule has 1 N–H and O–H groups in total. The van der Waals surface area contributed by atoms with E-state index >= 15 is 0 Å². The summed E-state index contributed by atoms with van der Waals surface area (Å²) in [6.07, 6.45) is 4.83. The molecule has 0 spiro atoms. The topological polar surface area (TPSA) is 58.6 Å². The third-order valence-electron chi connectivity index (χ3n) is 4.39. The Hall–Kier alpha value is -2.70. The van der Waals surface area contributed by atoms with Crippen molar-refractivity contribution in [2.75, 3.05) is 11.5 Å². The summed E-state index contributed by atoms with van der Waals surface area (Å²) in [4.78, 5) is 26.6. The largest absolute Gasteiger partial charge is 0.494 e. The number of nitrogens with zero attached hydrogens (tertiary/aromatic N) is 1. The molecular formula is C22H21ClN2O3S. The summed E-state index contributed by atoms with van der Waals surface area (Å²) in [7, 11) is 0. The van der Waals surface area contributed by atoms with Crippen molar-refractivity contribution in [1.82, 2.24) is 5.32 Å². The quantitative estimate of drug-likeness (QED) is 0.299. The number of benzene rings is 2. The molecule has 150 valence electrons. The standard InChI is InChI=1S/C22H21ClN2O3S/c1-2-3-4-13-28-18-11-5-15(6-12-18)14-19-20(26)24-22(29)25(21(19)27)17-9-7-16(23)8-10-17/h5-12,14H,2-4,13H2,1H3,(H,24,26,29). The molecule has 1 aliphatic rings. The van der Waals surface area contributed by atoms with Gasteiger partial charge in [-0.1, -0.05) is 43.5 Å². The zero-order chi connectivity index (χ0) is 20.8. The fourth-order valence-corrected chi connectivity index (χ4v) is 3.26. The van der Waals surface area contributed by atoms with E-state index in [0.717, 1.165) is 25.0 Å². The molecule has 0 aromatic heterocycles. The second-order valence-electron chi connectivity index (χ2n) is 6.56. The summed E-state index contributed by atoms with van der Waals surface area (Å²) >= 11 is 11.1. The van der Waals surface area contributed by atoms with E-state index < -0.39 is 11.8 Å². The average Bonchev–Trinajstić information content (AvgIpc) is 2.71. The first-order chi connectivity index (χ1) is 14.0. The fraction of sp³-hybridized carbons (Fsp3) is 0.227. The Kier molecular flexibility index (Phi) is 7.01. The molecule has 1 fully saturated rings. The van der Waals surface area contributed by atoms with Gasteiger partial charge in [-0.3, -0.25) is 19.8 Å². The van der Waals surface area contributed by atoms with Crippen LogP contribution < -0.4 is 15.0 Å². The lowest BCUT2D eigenvalue weighted by Gasteiger charge is -2.28. The van der Waals surface area contributed by atoms with E-state index in [9.17, 15) is 9.59 Å². The highest BCUT2D eigenvalue weighted by Gasteiger charge is 2.34. The number of carbonyl (C=O) groups excluding carboxylic acids is 2. The number of rotatable bonds is 7. The predicted octanol–water partition coefficient (Wildman–Crippen LogP) is 4.74. The van der Waals surface area contributed by atoms with Gasteiger partial charge in [-0.05, 0) is 66.7 Å². The molecule has 0 atom stereocenters. The van der Waals surface area contributed by atoms with Crippen molar-refractivity contribution in [3.63, 3.8) is 0 Å². The Labute approximate surface area is 180 Å². The van der Waals surface area contributed by atoms with Crippen molar-refractivity contribution in [3.8, 4) is 5.75 Å². The number of carbonyl (C=O) groups is 2. The van der Waals surface area contributed by atoms with E-state index in [-0.39, 0.29) is 10.7 Å². The molecule has 2 aromatic rings. The number of unbranched alkanes of at least 4 members (excludes halogenated alkanes) is 2. The second kappa shape index (κ2) is 9.67. The highest BCUT2D eigenvalue weighted by molar-refractivity contribution is 7.80. The van der Waals surface area contributed by atoms with Crippen LogP contribution in [0.15, 0.2) is 54.1 Å². The zero-order valence-electron chi connectivity index (χ0n) is 16.0. The van der Waals surface area contributed by atoms with E-state index in [1.165, 1.54) is 4.90 Å². The van der Waals surface area contributed by atoms with Gasteiger partial charge in [0.25, 0.3) is 11.8 Å². The molecule has 2 amide bonds. The molecule has 29 heavy (non-hydrogen) atoms. The summed E-state index contributed by atoms with van der Waals surface area (Å²) in [5.41, 5.74) is 1.25. The van der Waals surface area contributed by atoms with Crippen LogP contribution in [0.4, 0.5) is 5.69 Å². The Bertz CT molecular complexity index is 940. The van der Waals surface area contributed by atoms with Gasteiger partial charge in [0.15, 0.2) is 5.11 Å². The summed E-state index contributed by atoms with van der Waals surface area (Å²) < 4.78 is 5.69. The summed E-state index contributed by atoms with van der Waals surface area (Å²) in [5, 5.41) is 3.15. The van der Waals surface area contributed by atoms with Gasteiger partial charge in [0.1, 0.15) is 11.3 Å². The summed E-state index contributed by atoms with van der Waals surface area (Å²) in [5.74, 6) is -0.252. The molecule has 1 saturated heterocycles. The minimum atomic E-state index is -0.523.